The van der Waals surface area contributed by atoms with E-state index in [1.807, 2.05) is 29.2 Å². The standard InChI is InChI=1S/C20H28N4O2.2ClH/c1-20(2)13-24(12-9-17(20)21)18(25)14-7-10-23(11-8-14)19-22-15-5-3-4-6-16(15)26-19;;/h3-6,14,17H,7-13,21H2,1-2H3;2*1H. The van der Waals surface area contributed by atoms with E-state index in [1.165, 1.54) is 0 Å². The summed E-state index contributed by atoms with van der Waals surface area (Å²) in [5.41, 5.74) is 7.89. The van der Waals surface area contributed by atoms with Crippen molar-refractivity contribution in [3.8, 4) is 0 Å². The predicted molar refractivity (Wildman–Crippen MR) is 116 cm³/mol. The van der Waals surface area contributed by atoms with Crippen LogP contribution in [-0.4, -0.2) is 48.0 Å². The van der Waals surface area contributed by atoms with Crippen LogP contribution in [-0.2, 0) is 4.79 Å². The first kappa shape index (κ1) is 22.8. The third kappa shape index (κ3) is 4.39. The largest absolute Gasteiger partial charge is 0.423 e. The highest BCUT2D eigenvalue weighted by Gasteiger charge is 2.38. The quantitative estimate of drug-likeness (QED) is 0.791. The lowest BCUT2D eigenvalue weighted by molar-refractivity contribution is -0.139. The fraction of sp³-hybridized carbons (Fsp3) is 0.600. The molecule has 1 unspecified atom stereocenters. The van der Waals surface area contributed by atoms with Crippen molar-refractivity contribution in [3.05, 3.63) is 24.3 Å². The number of oxazole rings is 1. The number of likely N-dealkylation sites (tertiary alicyclic amines) is 1. The minimum atomic E-state index is -0.00714. The molecule has 156 valence electrons. The molecule has 2 N–H and O–H groups in total. The van der Waals surface area contributed by atoms with Crippen molar-refractivity contribution in [1.29, 1.82) is 0 Å². The maximum Gasteiger partial charge on any atom is 0.298 e. The molecule has 1 atom stereocenters. The van der Waals surface area contributed by atoms with Gasteiger partial charge in [0.15, 0.2) is 5.58 Å². The van der Waals surface area contributed by atoms with Crippen LogP contribution in [0, 0.1) is 11.3 Å². The second-order valence-electron chi connectivity index (χ2n) is 8.37. The van der Waals surface area contributed by atoms with Gasteiger partial charge >= 0.3 is 0 Å². The Morgan fingerprint density at radius 3 is 2.46 bits per heavy atom. The molecule has 4 rings (SSSR count). The van der Waals surface area contributed by atoms with E-state index in [2.05, 4.69) is 23.7 Å². The lowest BCUT2D eigenvalue weighted by atomic mass is 9.79. The second-order valence-corrected chi connectivity index (χ2v) is 8.37. The zero-order valence-corrected chi connectivity index (χ0v) is 18.1. The van der Waals surface area contributed by atoms with Gasteiger partial charge in [-0.3, -0.25) is 4.79 Å². The van der Waals surface area contributed by atoms with Crippen molar-refractivity contribution in [2.75, 3.05) is 31.1 Å². The molecule has 6 nitrogen and oxygen atoms in total. The zero-order chi connectivity index (χ0) is 18.3. The van der Waals surface area contributed by atoms with Gasteiger partial charge < -0.3 is 20.0 Å². The molecule has 0 spiro atoms. The van der Waals surface area contributed by atoms with Crippen molar-refractivity contribution >= 4 is 47.8 Å². The van der Waals surface area contributed by atoms with Gasteiger partial charge in [0.25, 0.3) is 6.01 Å². The third-order valence-electron chi connectivity index (χ3n) is 6.02. The SMILES string of the molecule is CC1(C)CN(C(=O)C2CCN(c3nc4ccccc4o3)CC2)CCC1N.Cl.Cl. The average molecular weight is 429 g/mol. The highest BCUT2D eigenvalue weighted by atomic mass is 35.5. The summed E-state index contributed by atoms with van der Waals surface area (Å²) in [7, 11) is 0. The summed E-state index contributed by atoms with van der Waals surface area (Å²) < 4.78 is 5.86. The highest BCUT2D eigenvalue weighted by molar-refractivity contribution is 5.85. The molecule has 0 bridgehead atoms. The van der Waals surface area contributed by atoms with Gasteiger partial charge in [0, 0.05) is 38.1 Å². The smallest absolute Gasteiger partial charge is 0.298 e. The molecule has 2 aliphatic rings. The van der Waals surface area contributed by atoms with E-state index < -0.39 is 0 Å². The number of fused-ring (bicyclic) bond motifs is 1. The van der Waals surface area contributed by atoms with Gasteiger partial charge in [0.05, 0.1) is 0 Å². The van der Waals surface area contributed by atoms with Gasteiger partial charge in [-0.15, -0.1) is 24.8 Å². The molecule has 0 radical (unpaired) electrons. The molecule has 2 aromatic rings. The van der Waals surface area contributed by atoms with Gasteiger partial charge in [-0.25, -0.2) is 0 Å². The van der Waals surface area contributed by atoms with Crippen LogP contribution in [0.25, 0.3) is 11.1 Å². The van der Waals surface area contributed by atoms with Gasteiger partial charge in [-0.1, -0.05) is 26.0 Å². The Kier molecular flexibility index (Phi) is 7.23. The molecule has 2 aliphatic heterocycles. The number of nitrogens with zero attached hydrogens (tertiary/aromatic N) is 3. The number of aromatic nitrogens is 1. The Hall–Kier alpha value is -1.50. The van der Waals surface area contributed by atoms with E-state index in [0.29, 0.717) is 11.9 Å². The van der Waals surface area contributed by atoms with Crippen LogP contribution in [0.15, 0.2) is 28.7 Å². The van der Waals surface area contributed by atoms with E-state index in [9.17, 15) is 4.79 Å². The summed E-state index contributed by atoms with van der Waals surface area (Å²) in [6, 6.07) is 8.65. The van der Waals surface area contributed by atoms with Gasteiger partial charge in [-0.2, -0.15) is 4.98 Å². The Morgan fingerprint density at radius 1 is 1.14 bits per heavy atom. The number of hydrogen-bond acceptors (Lipinski definition) is 5. The maximum atomic E-state index is 13.0. The first-order valence-corrected chi connectivity index (χ1v) is 9.59. The molecule has 1 amide bonds. The molecule has 1 aromatic carbocycles. The number of anilines is 1. The lowest BCUT2D eigenvalue weighted by Crippen LogP contribution is -2.55. The molecule has 8 heteroatoms. The van der Waals surface area contributed by atoms with Crippen LogP contribution < -0.4 is 10.6 Å². The average Bonchev–Trinajstić information content (AvgIpc) is 3.07. The van der Waals surface area contributed by atoms with Crippen molar-refractivity contribution in [3.63, 3.8) is 0 Å². The fourth-order valence-electron chi connectivity index (χ4n) is 4.13. The zero-order valence-electron chi connectivity index (χ0n) is 16.5. The number of halogens is 2. The van der Waals surface area contributed by atoms with E-state index in [4.69, 9.17) is 10.2 Å². The van der Waals surface area contributed by atoms with Crippen molar-refractivity contribution in [1.82, 2.24) is 9.88 Å². The summed E-state index contributed by atoms with van der Waals surface area (Å²) in [4.78, 5) is 21.7. The molecule has 3 heterocycles. The number of piperidine rings is 2. The third-order valence-corrected chi connectivity index (χ3v) is 6.02. The monoisotopic (exact) mass is 428 g/mol. The first-order valence-electron chi connectivity index (χ1n) is 9.59. The minimum Gasteiger partial charge on any atom is -0.423 e. The van der Waals surface area contributed by atoms with Crippen molar-refractivity contribution < 1.29 is 9.21 Å². The number of nitrogens with two attached hydrogens (primary N) is 1. The molecule has 28 heavy (non-hydrogen) atoms. The summed E-state index contributed by atoms with van der Waals surface area (Å²) in [6.07, 6.45) is 2.58. The van der Waals surface area contributed by atoms with Gasteiger partial charge in [-0.05, 0) is 36.8 Å². The van der Waals surface area contributed by atoms with Crippen LogP contribution in [0.4, 0.5) is 6.01 Å². The summed E-state index contributed by atoms with van der Waals surface area (Å²) in [5.74, 6) is 0.392. The number of carbonyl (C=O) groups excluding carboxylic acids is 1. The Bertz CT molecular complexity index is 769. The fourth-order valence-corrected chi connectivity index (χ4v) is 4.13. The topological polar surface area (TPSA) is 75.6 Å². The summed E-state index contributed by atoms with van der Waals surface area (Å²) in [6.45, 7) is 7.48. The maximum absolute atomic E-state index is 13.0. The minimum absolute atomic E-state index is 0. The lowest BCUT2D eigenvalue weighted by Gasteiger charge is -2.44. The van der Waals surface area contributed by atoms with E-state index >= 15 is 0 Å². The molecule has 2 saturated heterocycles. The first-order chi connectivity index (χ1) is 12.4. The molecule has 1 aromatic heterocycles. The van der Waals surface area contributed by atoms with Crippen LogP contribution in [0.2, 0.25) is 0 Å². The molecule has 2 fully saturated rings. The molecule has 0 aliphatic carbocycles. The number of hydrogen-bond donors (Lipinski definition) is 1. The van der Waals surface area contributed by atoms with Crippen molar-refractivity contribution in [2.45, 2.75) is 39.2 Å². The number of para-hydroxylation sites is 2. The van der Waals surface area contributed by atoms with Crippen molar-refractivity contribution in [2.24, 2.45) is 17.1 Å². The van der Waals surface area contributed by atoms with Crippen LogP contribution in [0.3, 0.4) is 0 Å². The molecular formula is C20H30Cl2N4O2. The number of rotatable bonds is 2. The van der Waals surface area contributed by atoms with E-state index in [-0.39, 0.29) is 42.2 Å². The molecular weight excluding hydrogens is 399 g/mol. The number of benzene rings is 1. The van der Waals surface area contributed by atoms with Crippen LogP contribution >= 0.6 is 24.8 Å². The van der Waals surface area contributed by atoms with E-state index in [1.54, 1.807) is 0 Å². The van der Waals surface area contributed by atoms with Crippen LogP contribution in [0.5, 0.6) is 0 Å². The summed E-state index contributed by atoms with van der Waals surface area (Å²) in [5, 5.41) is 0. The Balaban J connectivity index is 0.00000140. The van der Waals surface area contributed by atoms with E-state index in [0.717, 1.165) is 56.5 Å². The Morgan fingerprint density at radius 2 is 1.82 bits per heavy atom. The summed E-state index contributed by atoms with van der Waals surface area (Å²) >= 11 is 0. The second kappa shape index (κ2) is 8.89. The molecule has 0 saturated carbocycles. The van der Waals surface area contributed by atoms with Gasteiger partial charge in [0.2, 0.25) is 5.91 Å². The number of carbonyl (C=O) groups is 1. The number of amides is 1. The normalized spacial score (nSPS) is 22.5. The highest BCUT2D eigenvalue weighted by Crippen LogP contribution is 2.31. The Labute approximate surface area is 178 Å². The predicted octanol–water partition coefficient (Wildman–Crippen LogP) is 3.47. The van der Waals surface area contributed by atoms with Crippen LogP contribution in [0.1, 0.15) is 33.1 Å². The van der Waals surface area contributed by atoms with Gasteiger partial charge in [0.1, 0.15) is 5.52 Å².